The third kappa shape index (κ3) is 6.26. The highest BCUT2D eigenvalue weighted by Crippen LogP contribution is 2.08. The Balaban J connectivity index is 1.96. The van der Waals surface area contributed by atoms with E-state index in [1.54, 1.807) is 11.3 Å². The molecule has 0 saturated heterocycles. The van der Waals surface area contributed by atoms with E-state index in [1.807, 2.05) is 0 Å². The van der Waals surface area contributed by atoms with Gasteiger partial charge in [0, 0.05) is 6.54 Å². The van der Waals surface area contributed by atoms with Gasteiger partial charge in [-0.15, -0.1) is 0 Å². The highest BCUT2D eigenvalue weighted by molar-refractivity contribution is 7.07. The maximum absolute atomic E-state index is 3.44. The number of thiophene rings is 1. The van der Waals surface area contributed by atoms with E-state index < -0.39 is 0 Å². The van der Waals surface area contributed by atoms with Gasteiger partial charge in [0.1, 0.15) is 0 Å². The van der Waals surface area contributed by atoms with Gasteiger partial charge in [0.2, 0.25) is 0 Å². The third-order valence-electron chi connectivity index (χ3n) is 2.60. The summed E-state index contributed by atoms with van der Waals surface area (Å²) in [4.78, 5) is 2.40. The van der Waals surface area contributed by atoms with E-state index in [0.717, 1.165) is 13.1 Å². The number of rotatable bonds is 9. The van der Waals surface area contributed by atoms with Crippen molar-refractivity contribution in [1.82, 2.24) is 10.2 Å². The zero-order valence-electron chi connectivity index (χ0n) is 10.5. The van der Waals surface area contributed by atoms with Crippen LogP contribution in [-0.2, 0) is 6.54 Å². The summed E-state index contributed by atoms with van der Waals surface area (Å²) in [5, 5.41) is 7.82. The summed E-state index contributed by atoms with van der Waals surface area (Å²) >= 11 is 1.78. The highest BCUT2D eigenvalue weighted by atomic mass is 32.1. The van der Waals surface area contributed by atoms with E-state index in [-0.39, 0.29) is 0 Å². The Morgan fingerprint density at radius 2 is 2.19 bits per heavy atom. The largest absolute Gasteiger partial charge is 0.317 e. The molecular formula is C13H24N2S. The number of nitrogens with one attached hydrogen (secondary N) is 1. The van der Waals surface area contributed by atoms with Gasteiger partial charge < -0.3 is 10.2 Å². The molecule has 1 N–H and O–H groups in total. The van der Waals surface area contributed by atoms with Gasteiger partial charge in [-0.2, -0.15) is 11.3 Å². The van der Waals surface area contributed by atoms with Crippen molar-refractivity contribution in [3.63, 3.8) is 0 Å². The first-order valence-corrected chi connectivity index (χ1v) is 7.17. The zero-order chi connectivity index (χ0) is 11.6. The summed E-state index contributed by atoms with van der Waals surface area (Å²) in [5.41, 5.74) is 1.44. The molecule has 0 aliphatic heterocycles. The maximum Gasteiger partial charge on any atom is 0.0238 e. The van der Waals surface area contributed by atoms with Crippen LogP contribution in [0.15, 0.2) is 16.8 Å². The SMILES string of the molecule is CCCNCCCCN(C)Cc1ccsc1. The molecule has 0 aromatic carbocycles. The number of unbranched alkanes of at least 4 members (excludes halogenated alkanes) is 1. The molecule has 1 heterocycles. The van der Waals surface area contributed by atoms with E-state index in [9.17, 15) is 0 Å². The Labute approximate surface area is 104 Å². The van der Waals surface area contributed by atoms with E-state index in [4.69, 9.17) is 0 Å². The van der Waals surface area contributed by atoms with E-state index in [0.29, 0.717) is 0 Å². The Morgan fingerprint density at radius 3 is 2.88 bits per heavy atom. The maximum atomic E-state index is 3.44. The molecule has 0 bridgehead atoms. The lowest BCUT2D eigenvalue weighted by Gasteiger charge is -2.15. The lowest BCUT2D eigenvalue weighted by molar-refractivity contribution is 0.318. The van der Waals surface area contributed by atoms with E-state index in [1.165, 1.54) is 37.9 Å². The van der Waals surface area contributed by atoms with Gasteiger partial charge in [-0.1, -0.05) is 6.92 Å². The molecule has 0 aliphatic rings. The van der Waals surface area contributed by atoms with E-state index >= 15 is 0 Å². The molecule has 1 aromatic rings. The molecule has 0 amide bonds. The predicted molar refractivity (Wildman–Crippen MR) is 73.0 cm³/mol. The van der Waals surface area contributed by atoms with Crippen LogP contribution in [0, 0.1) is 0 Å². The summed E-state index contributed by atoms with van der Waals surface area (Å²) in [5.74, 6) is 0. The van der Waals surface area contributed by atoms with E-state index in [2.05, 4.69) is 41.0 Å². The number of hydrogen-bond acceptors (Lipinski definition) is 3. The molecule has 92 valence electrons. The average molecular weight is 240 g/mol. The molecule has 3 heteroatoms. The van der Waals surface area contributed by atoms with Crippen LogP contribution in [0.5, 0.6) is 0 Å². The van der Waals surface area contributed by atoms with Gasteiger partial charge in [0.05, 0.1) is 0 Å². The number of hydrogen-bond donors (Lipinski definition) is 1. The summed E-state index contributed by atoms with van der Waals surface area (Å²) in [6, 6.07) is 2.21. The van der Waals surface area contributed by atoms with Crippen LogP contribution in [-0.4, -0.2) is 31.6 Å². The van der Waals surface area contributed by atoms with Gasteiger partial charge in [0.25, 0.3) is 0 Å². The Kier molecular flexibility index (Phi) is 7.47. The fourth-order valence-corrected chi connectivity index (χ4v) is 2.37. The molecule has 1 rings (SSSR count). The van der Waals surface area contributed by atoms with Crippen molar-refractivity contribution in [1.29, 1.82) is 0 Å². The van der Waals surface area contributed by atoms with Gasteiger partial charge in [-0.3, -0.25) is 0 Å². The second-order valence-corrected chi connectivity index (χ2v) is 5.11. The second kappa shape index (κ2) is 8.74. The lowest BCUT2D eigenvalue weighted by atomic mass is 10.2. The van der Waals surface area contributed by atoms with Gasteiger partial charge >= 0.3 is 0 Å². The minimum Gasteiger partial charge on any atom is -0.317 e. The predicted octanol–water partition coefficient (Wildman–Crippen LogP) is 2.96. The van der Waals surface area contributed by atoms with Crippen LogP contribution >= 0.6 is 11.3 Å². The molecule has 0 aliphatic carbocycles. The molecule has 1 aromatic heterocycles. The van der Waals surface area contributed by atoms with Crippen molar-refractivity contribution in [2.75, 3.05) is 26.7 Å². The highest BCUT2D eigenvalue weighted by Gasteiger charge is 1.99. The smallest absolute Gasteiger partial charge is 0.0238 e. The van der Waals surface area contributed by atoms with Crippen LogP contribution in [0.4, 0.5) is 0 Å². The van der Waals surface area contributed by atoms with Crippen LogP contribution in [0.1, 0.15) is 31.7 Å². The second-order valence-electron chi connectivity index (χ2n) is 4.33. The Morgan fingerprint density at radius 1 is 1.31 bits per heavy atom. The topological polar surface area (TPSA) is 15.3 Å². The van der Waals surface area contributed by atoms with Gasteiger partial charge in [-0.25, -0.2) is 0 Å². The summed E-state index contributed by atoms with van der Waals surface area (Å²) in [7, 11) is 2.21. The molecule has 2 nitrogen and oxygen atoms in total. The van der Waals surface area contributed by atoms with Crippen molar-refractivity contribution < 1.29 is 0 Å². The van der Waals surface area contributed by atoms with Crippen LogP contribution in [0.2, 0.25) is 0 Å². The third-order valence-corrected chi connectivity index (χ3v) is 3.33. The van der Waals surface area contributed by atoms with Gasteiger partial charge in [0.15, 0.2) is 0 Å². The lowest BCUT2D eigenvalue weighted by Crippen LogP contribution is -2.21. The van der Waals surface area contributed by atoms with Gasteiger partial charge in [-0.05, 0) is 68.3 Å². The Hall–Kier alpha value is -0.380. The summed E-state index contributed by atoms with van der Waals surface area (Å²) in [6.45, 7) is 6.82. The molecular weight excluding hydrogens is 216 g/mol. The molecule has 0 radical (unpaired) electrons. The summed E-state index contributed by atoms with van der Waals surface area (Å²) in [6.07, 6.45) is 3.81. The molecule has 0 unspecified atom stereocenters. The minimum atomic E-state index is 1.09. The fourth-order valence-electron chi connectivity index (χ4n) is 1.71. The quantitative estimate of drug-likeness (QED) is 0.668. The molecule has 16 heavy (non-hydrogen) atoms. The van der Waals surface area contributed by atoms with Crippen LogP contribution in [0.3, 0.4) is 0 Å². The van der Waals surface area contributed by atoms with Crippen molar-refractivity contribution in [3.05, 3.63) is 22.4 Å². The first-order valence-electron chi connectivity index (χ1n) is 6.23. The first kappa shape index (κ1) is 13.7. The molecule has 0 spiro atoms. The van der Waals surface area contributed by atoms with Crippen LogP contribution < -0.4 is 5.32 Å². The average Bonchev–Trinajstić information content (AvgIpc) is 2.76. The standard InChI is InChI=1S/C13H24N2S/c1-3-7-14-8-4-5-9-15(2)11-13-6-10-16-12-13/h6,10,12,14H,3-5,7-9,11H2,1-2H3. The molecule has 0 fully saturated rings. The number of nitrogens with zero attached hydrogens (tertiary/aromatic N) is 1. The van der Waals surface area contributed by atoms with Crippen molar-refractivity contribution in [2.45, 2.75) is 32.7 Å². The molecule has 0 atom stereocenters. The van der Waals surface area contributed by atoms with Crippen LogP contribution in [0.25, 0.3) is 0 Å². The Bertz CT molecular complexity index is 246. The monoisotopic (exact) mass is 240 g/mol. The van der Waals surface area contributed by atoms with Crippen molar-refractivity contribution in [2.24, 2.45) is 0 Å². The normalized spacial score (nSPS) is 11.2. The van der Waals surface area contributed by atoms with Crippen molar-refractivity contribution >= 4 is 11.3 Å². The molecule has 0 saturated carbocycles. The summed E-state index contributed by atoms with van der Waals surface area (Å²) < 4.78 is 0. The minimum absolute atomic E-state index is 1.09. The fraction of sp³-hybridized carbons (Fsp3) is 0.692. The van der Waals surface area contributed by atoms with Crippen molar-refractivity contribution in [3.8, 4) is 0 Å². The first-order chi connectivity index (χ1) is 7.83. The zero-order valence-corrected chi connectivity index (χ0v) is 11.4.